The average Bonchev–Trinajstić information content (AvgIpc) is 2.86. The first kappa shape index (κ1) is 31.8. The molecule has 0 aliphatic rings. The second-order valence-electron chi connectivity index (χ2n) is 8.91. The summed E-state index contributed by atoms with van der Waals surface area (Å²) in [7, 11) is 4.57. The van der Waals surface area contributed by atoms with Gasteiger partial charge in [-0.1, -0.05) is 13.8 Å². The third kappa shape index (κ3) is 6.80. The molecule has 212 valence electrons. The summed E-state index contributed by atoms with van der Waals surface area (Å²) in [4.78, 5) is 8.90. The van der Waals surface area contributed by atoms with Crippen LogP contribution in [0.15, 0.2) is 36.4 Å². The molecular formula is C27H30Cl2F3N3O4. The van der Waals surface area contributed by atoms with Crippen molar-refractivity contribution in [3.63, 3.8) is 0 Å². The molecule has 4 rings (SSSR count). The van der Waals surface area contributed by atoms with Gasteiger partial charge in [-0.2, -0.15) is 13.2 Å². The Balaban J connectivity index is 0.00000267. The van der Waals surface area contributed by atoms with Crippen LogP contribution in [-0.4, -0.2) is 49.1 Å². The van der Waals surface area contributed by atoms with E-state index in [9.17, 15) is 18.3 Å². The normalized spacial score (nSPS) is 11.2. The Hall–Kier alpha value is -3.37. The van der Waals surface area contributed by atoms with E-state index in [-0.39, 0.29) is 48.9 Å². The molecule has 2 N–H and O–H groups in total. The summed E-state index contributed by atoms with van der Waals surface area (Å²) in [5.41, 5.74) is 2.05. The van der Waals surface area contributed by atoms with Crippen LogP contribution < -0.4 is 19.5 Å². The number of ether oxygens (including phenoxy) is 3. The predicted octanol–water partition coefficient (Wildman–Crippen LogP) is 7.05. The van der Waals surface area contributed by atoms with E-state index in [1.54, 1.807) is 36.4 Å². The second kappa shape index (κ2) is 12.7. The van der Waals surface area contributed by atoms with E-state index >= 15 is 0 Å². The quantitative estimate of drug-likeness (QED) is 0.228. The summed E-state index contributed by atoms with van der Waals surface area (Å²) in [6, 6.07) is 10.4. The molecule has 0 unspecified atom stereocenters. The summed E-state index contributed by atoms with van der Waals surface area (Å²) < 4.78 is 55.5. The van der Waals surface area contributed by atoms with Gasteiger partial charge in [0.1, 0.15) is 18.1 Å². The summed E-state index contributed by atoms with van der Waals surface area (Å²) in [6.45, 7) is 2.66. The Morgan fingerprint density at radius 2 is 1.54 bits per heavy atom. The molecule has 0 atom stereocenters. The van der Waals surface area contributed by atoms with E-state index in [2.05, 4.69) is 15.3 Å². The van der Waals surface area contributed by atoms with Crippen molar-refractivity contribution in [1.82, 2.24) is 9.97 Å². The molecule has 39 heavy (non-hydrogen) atoms. The first-order valence-electron chi connectivity index (χ1n) is 11.6. The summed E-state index contributed by atoms with van der Waals surface area (Å²) in [5.74, 6) is 1.38. The number of aromatic nitrogens is 2. The van der Waals surface area contributed by atoms with E-state index in [1.807, 2.05) is 13.8 Å². The average molecular weight is 588 g/mol. The van der Waals surface area contributed by atoms with Crippen molar-refractivity contribution in [1.29, 1.82) is 0 Å². The van der Waals surface area contributed by atoms with Crippen LogP contribution in [0.2, 0.25) is 0 Å². The zero-order chi connectivity index (χ0) is 26.9. The van der Waals surface area contributed by atoms with Crippen molar-refractivity contribution in [2.45, 2.75) is 32.4 Å². The highest BCUT2D eigenvalue weighted by atomic mass is 35.5. The van der Waals surface area contributed by atoms with Gasteiger partial charge in [-0.3, -0.25) is 0 Å². The topological polar surface area (TPSA) is 85.7 Å². The molecule has 0 saturated carbocycles. The van der Waals surface area contributed by atoms with Gasteiger partial charge < -0.3 is 24.6 Å². The molecule has 0 fully saturated rings. The first-order valence-corrected chi connectivity index (χ1v) is 11.6. The third-order valence-electron chi connectivity index (χ3n) is 6.09. The molecule has 0 radical (unpaired) electrons. The highest BCUT2D eigenvalue weighted by molar-refractivity contribution is 5.93. The first-order chi connectivity index (χ1) is 17.5. The molecule has 0 spiro atoms. The maximum Gasteiger partial charge on any atom is 0.405 e. The maximum atomic E-state index is 13.1. The van der Waals surface area contributed by atoms with Crippen LogP contribution in [0.3, 0.4) is 0 Å². The molecule has 12 heteroatoms. The van der Waals surface area contributed by atoms with Gasteiger partial charge in [0.2, 0.25) is 5.88 Å². The van der Waals surface area contributed by atoms with Crippen LogP contribution in [0, 0.1) is 0 Å². The number of nitrogens with zero attached hydrogens (tertiary/aromatic N) is 2. The fourth-order valence-electron chi connectivity index (χ4n) is 4.30. The van der Waals surface area contributed by atoms with Crippen molar-refractivity contribution in [3.05, 3.63) is 53.2 Å². The predicted molar refractivity (Wildman–Crippen MR) is 151 cm³/mol. The fourth-order valence-corrected chi connectivity index (χ4v) is 4.30. The lowest BCUT2D eigenvalue weighted by atomic mass is 9.94. The number of halogens is 5. The van der Waals surface area contributed by atoms with Crippen molar-refractivity contribution in [2.24, 2.45) is 0 Å². The molecule has 0 bridgehead atoms. The van der Waals surface area contributed by atoms with E-state index in [0.29, 0.717) is 50.4 Å². The minimum absolute atomic E-state index is 0. The number of hydrogen-bond acceptors (Lipinski definition) is 7. The van der Waals surface area contributed by atoms with Gasteiger partial charge in [0.15, 0.2) is 11.5 Å². The summed E-state index contributed by atoms with van der Waals surface area (Å²) in [6.07, 6.45) is -4.38. The van der Waals surface area contributed by atoms with Crippen LogP contribution in [-0.2, 0) is 6.42 Å². The van der Waals surface area contributed by atoms with E-state index in [1.165, 1.54) is 21.3 Å². The summed E-state index contributed by atoms with van der Waals surface area (Å²) in [5, 5.41) is 15.5. The van der Waals surface area contributed by atoms with Crippen molar-refractivity contribution in [3.8, 4) is 23.1 Å². The lowest BCUT2D eigenvalue weighted by Crippen LogP contribution is -2.22. The molecule has 0 saturated heterocycles. The molecule has 4 aromatic rings. The van der Waals surface area contributed by atoms with Gasteiger partial charge in [0.05, 0.1) is 32.5 Å². The van der Waals surface area contributed by atoms with Crippen LogP contribution >= 0.6 is 24.8 Å². The minimum Gasteiger partial charge on any atom is -0.497 e. The molecular weight excluding hydrogens is 558 g/mol. The SMILES string of the molecule is COc1ccc2nc(NCC(F)(F)F)c(Cc3c(O)nc(C(C)C)c4cc(OC)c(OC)cc34)cc2c1.Cl.Cl. The molecule has 0 amide bonds. The number of pyridine rings is 2. The Morgan fingerprint density at radius 1 is 0.897 bits per heavy atom. The summed E-state index contributed by atoms with van der Waals surface area (Å²) >= 11 is 0. The minimum atomic E-state index is -4.44. The number of fused-ring (bicyclic) bond motifs is 2. The molecule has 0 aliphatic heterocycles. The number of hydrogen-bond donors (Lipinski definition) is 2. The Morgan fingerprint density at radius 3 is 2.10 bits per heavy atom. The fraction of sp³-hybridized carbons (Fsp3) is 0.333. The second-order valence-corrected chi connectivity index (χ2v) is 8.91. The molecule has 2 heterocycles. The van der Waals surface area contributed by atoms with E-state index in [4.69, 9.17) is 14.2 Å². The lowest BCUT2D eigenvalue weighted by Gasteiger charge is -2.19. The van der Waals surface area contributed by atoms with Crippen LogP contribution in [0.5, 0.6) is 23.1 Å². The largest absolute Gasteiger partial charge is 0.497 e. The monoisotopic (exact) mass is 587 g/mol. The number of rotatable bonds is 8. The van der Waals surface area contributed by atoms with Gasteiger partial charge in [-0.25, -0.2) is 9.97 Å². The number of aromatic hydroxyl groups is 1. The zero-order valence-electron chi connectivity index (χ0n) is 22.0. The number of alkyl halides is 3. The van der Waals surface area contributed by atoms with E-state index in [0.717, 1.165) is 5.39 Å². The third-order valence-corrected chi connectivity index (χ3v) is 6.09. The van der Waals surface area contributed by atoms with Crippen molar-refractivity contribution < 1.29 is 32.5 Å². The molecule has 7 nitrogen and oxygen atoms in total. The zero-order valence-corrected chi connectivity index (χ0v) is 23.6. The van der Waals surface area contributed by atoms with Gasteiger partial charge in [-0.15, -0.1) is 24.8 Å². The smallest absolute Gasteiger partial charge is 0.405 e. The Labute approximate surface area is 236 Å². The maximum absolute atomic E-state index is 13.1. The van der Waals surface area contributed by atoms with Crippen LogP contribution in [0.25, 0.3) is 21.7 Å². The standard InChI is InChI=1S/C27H28F3N3O4.2ClH/c1-14(2)24-19-12-23(37-5)22(36-4)11-18(19)20(26(34)33-24)10-16-8-15-9-17(35-3)6-7-21(15)32-25(16)31-13-27(28,29)30;;/h6-9,11-12,14H,10,13H2,1-5H3,(H,31,32)(H,33,34);2*1H. The Kier molecular flexibility index (Phi) is 10.3. The number of benzene rings is 2. The number of methoxy groups -OCH3 is 3. The van der Waals surface area contributed by atoms with E-state index < -0.39 is 12.7 Å². The lowest BCUT2D eigenvalue weighted by molar-refractivity contribution is -0.115. The van der Waals surface area contributed by atoms with Gasteiger partial charge in [0, 0.05) is 22.8 Å². The molecule has 2 aromatic carbocycles. The highest BCUT2D eigenvalue weighted by Crippen LogP contribution is 2.40. The highest BCUT2D eigenvalue weighted by Gasteiger charge is 2.28. The van der Waals surface area contributed by atoms with Gasteiger partial charge in [-0.05, 0) is 53.3 Å². The number of anilines is 1. The molecule has 0 aliphatic carbocycles. The number of nitrogens with one attached hydrogen (secondary N) is 1. The van der Waals surface area contributed by atoms with Crippen molar-refractivity contribution >= 4 is 52.3 Å². The van der Waals surface area contributed by atoms with Gasteiger partial charge in [0.25, 0.3) is 0 Å². The van der Waals surface area contributed by atoms with Crippen molar-refractivity contribution in [2.75, 3.05) is 33.2 Å². The molecule has 2 aromatic heterocycles. The van der Waals surface area contributed by atoms with Crippen LogP contribution in [0.1, 0.15) is 36.6 Å². The Bertz CT molecular complexity index is 1470. The van der Waals surface area contributed by atoms with Gasteiger partial charge >= 0.3 is 6.18 Å². The van der Waals surface area contributed by atoms with Crippen LogP contribution in [0.4, 0.5) is 19.0 Å².